The molecule has 0 saturated heterocycles. The van der Waals surface area contributed by atoms with E-state index < -0.39 is 33.2 Å². The number of hydrogen-bond acceptors (Lipinski definition) is 2. The van der Waals surface area contributed by atoms with E-state index in [1.807, 2.05) is 0 Å². The number of hydrogen-bond donors (Lipinski definition) is 0. The Balaban J connectivity index is 2.65. The van der Waals surface area contributed by atoms with E-state index in [-0.39, 0.29) is 19.6 Å². The summed E-state index contributed by atoms with van der Waals surface area (Å²) in [4.78, 5) is 0.809. The maximum atomic E-state index is 13.2. The Morgan fingerprint density at radius 3 is 2.58 bits per heavy atom. The third-order valence-corrected chi connectivity index (χ3v) is 5.94. The van der Waals surface area contributed by atoms with E-state index in [1.165, 1.54) is 13.0 Å². The smallest absolute Gasteiger partial charge is 0.124 e. The molecule has 0 bridgehead atoms. The first-order chi connectivity index (χ1) is 8.95. The van der Waals surface area contributed by atoms with E-state index in [1.54, 1.807) is 0 Å². The Hall–Kier alpha value is -1.40. The van der Waals surface area contributed by atoms with Gasteiger partial charge in [0.15, 0.2) is 0 Å². The maximum Gasteiger partial charge on any atom is 0.124 e. The minimum absolute atomic E-state index is 0.134. The zero-order valence-corrected chi connectivity index (χ0v) is 11.6. The molecule has 0 saturated carbocycles. The van der Waals surface area contributed by atoms with Crippen molar-refractivity contribution in [1.82, 2.24) is 0 Å². The molecule has 0 N–H and O–H groups in total. The van der Waals surface area contributed by atoms with Crippen molar-refractivity contribution in [2.45, 2.75) is 16.7 Å². The predicted octanol–water partition coefficient (Wildman–Crippen LogP) is 3.33. The highest BCUT2D eigenvalue weighted by atomic mass is 32.2. The summed E-state index contributed by atoms with van der Waals surface area (Å²) in [7, 11) is -3.32. The van der Waals surface area contributed by atoms with Crippen LogP contribution in [0.15, 0.2) is 62.4 Å². The molecule has 1 aliphatic rings. The van der Waals surface area contributed by atoms with Crippen molar-refractivity contribution in [3.8, 4) is 0 Å². The summed E-state index contributed by atoms with van der Waals surface area (Å²) in [6.45, 7) is 4.75. The molecule has 1 aromatic rings. The zero-order valence-electron chi connectivity index (χ0n) is 9.98. The van der Waals surface area contributed by atoms with Crippen LogP contribution in [-0.4, -0.2) is 8.42 Å². The van der Waals surface area contributed by atoms with Gasteiger partial charge in [0.1, 0.15) is 11.6 Å². The number of halogens is 2. The summed E-state index contributed by atoms with van der Waals surface area (Å²) in [6.07, 6.45) is 2.02. The topological polar surface area (TPSA) is 34.1 Å². The molecule has 19 heavy (non-hydrogen) atoms. The Bertz CT molecular complexity index is 675. The van der Waals surface area contributed by atoms with Crippen molar-refractivity contribution in [2.75, 3.05) is 0 Å². The van der Waals surface area contributed by atoms with E-state index >= 15 is 0 Å². The number of rotatable bonds is 2. The average Bonchev–Trinajstić information content (AvgIpc) is 2.40. The van der Waals surface area contributed by atoms with Gasteiger partial charge in [0.25, 0.3) is 0 Å². The molecule has 1 heterocycles. The fraction of sp³-hybridized carbons (Fsp3) is 0.0769. The maximum absolute atomic E-state index is 13.2. The number of benzene rings is 1. The molecule has 100 valence electrons. The zero-order chi connectivity index (χ0) is 14.2. The fourth-order valence-electron chi connectivity index (χ4n) is 1.62. The van der Waals surface area contributed by atoms with Crippen LogP contribution in [0.3, 0.4) is 0 Å². The van der Waals surface area contributed by atoms with Crippen molar-refractivity contribution >= 4 is 21.6 Å². The quantitative estimate of drug-likeness (QED) is 0.785. The molecule has 0 fully saturated rings. The first-order valence-electron chi connectivity index (χ1n) is 5.29. The summed E-state index contributed by atoms with van der Waals surface area (Å²) in [5, 5.41) is 0. The highest BCUT2D eigenvalue weighted by molar-refractivity contribution is 7.95. The molecule has 6 heteroatoms. The van der Waals surface area contributed by atoms with Gasteiger partial charge >= 0.3 is 0 Å². The van der Waals surface area contributed by atoms with Crippen LogP contribution in [0.25, 0.3) is 0 Å². The van der Waals surface area contributed by atoms with Gasteiger partial charge in [0.2, 0.25) is 0 Å². The molecule has 0 aromatic heterocycles. The largest absolute Gasteiger partial charge is 0.249 e. The second kappa shape index (κ2) is 5.30. The highest BCUT2D eigenvalue weighted by Crippen LogP contribution is 2.34. The van der Waals surface area contributed by atoms with Gasteiger partial charge in [-0.05, 0) is 37.3 Å². The molecular weight excluding hydrogens is 290 g/mol. The summed E-state index contributed by atoms with van der Waals surface area (Å²) >= 11 is 0. The standard InChI is InChI=1S/C13H10F2O2S2/c1-3-9(14)6-12-8(2)18(16)13-7-10(15)4-5-11(13)19(12)17/h3-7H,1H2,2H3/b9-6+. The minimum Gasteiger partial charge on any atom is -0.249 e. The van der Waals surface area contributed by atoms with Crippen molar-refractivity contribution in [1.29, 1.82) is 0 Å². The molecular formula is C13H10F2O2S2. The molecule has 0 spiro atoms. The first kappa shape index (κ1) is 14.0. The van der Waals surface area contributed by atoms with E-state index in [2.05, 4.69) is 6.58 Å². The Kier molecular flexibility index (Phi) is 3.91. The van der Waals surface area contributed by atoms with Gasteiger partial charge < -0.3 is 0 Å². The average molecular weight is 300 g/mol. The second-order valence-electron chi connectivity index (χ2n) is 3.78. The SMILES string of the molecule is C=C/C(F)=C\C1=C(C)S(=O)c2cc(F)ccc2S1=O. The normalized spacial score (nSPS) is 23.2. The molecule has 0 radical (unpaired) electrons. The third kappa shape index (κ3) is 2.50. The first-order valence-corrected chi connectivity index (χ1v) is 7.59. The fourth-order valence-corrected chi connectivity index (χ4v) is 4.73. The molecule has 2 unspecified atom stereocenters. The number of fused-ring (bicyclic) bond motifs is 1. The molecule has 1 aliphatic heterocycles. The molecule has 2 nitrogen and oxygen atoms in total. The molecule has 0 aliphatic carbocycles. The monoisotopic (exact) mass is 300 g/mol. The summed E-state index contributed by atoms with van der Waals surface area (Å²) in [5.74, 6) is -1.21. The second-order valence-corrected chi connectivity index (χ2v) is 6.79. The Morgan fingerprint density at radius 2 is 1.95 bits per heavy atom. The number of allylic oxidation sites excluding steroid dienone is 4. The van der Waals surface area contributed by atoms with Gasteiger partial charge in [-0.3, -0.25) is 0 Å². The lowest BCUT2D eigenvalue weighted by Crippen LogP contribution is -2.12. The van der Waals surface area contributed by atoms with Crippen LogP contribution in [0, 0.1) is 5.82 Å². The Labute approximate surface area is 114 Å². The van der Waals surface area contributed by atoms with Crippen LogP contribution in [0.4, 0.5) is 8.78 Å². The van der Waals surface area contributed by atoms with Gasteiger partial charge in [0.05, 0.1) is 36.3 Å². The molecule has 0 amide bonds. The summed E-state index contributed by atoms with van der Waals surface area (Å²) in [5.41, 5.74) is 0. The predicted molar refractivity (Wildman–Crippen MR) is 71.3 cm³/mol. The van der Waals surface area contributed by atoms with Crippen molar-refractivity contribution < 1.29 is 17.2 Å². The minimum atomic E-state index is -1.68. The van der Waals surface area contributed by atoms with Crippen LogP contribution in [0.2, 0.25) is 0 Å². The van der Waals surface area contributed by atoms with Crippen LogP contribution in [0.1, 0.15) is 6.92 Å². The van der Waals surface area contributed by atoms with Crippen molar-refractivity contribution in [2.24, 2.45) is 0 Å². The lowest BCUT2D eigenvalue weighted by molar-refractivity contribution is 0.618. The van der Waals surface area contributed by atoms with Crippen LogP contribution >= 0.6 is 0 Å². The van der Waals surface area contributed by atoms with Crippen molar-refractivity contribution in [3.63, 3.8) is 0 Å². The van der Waals surface area contributed by atoms with Gasteiger partial charge in [-0.25, -0.2) is 17.2 Å². The lowest BCUT2D eigenvalue weighted by atomic mass is 10.3. The molecule has 2 atom stereocenters. The van der Waals surface area contributed by atoms with E-state index in [9.17, 15) is 17.2 Å². The summed E-state index contributed by atoms with van der Waals surface area (Å²) < 4.78 is 50.9. The highest BCUT2D eigenvalue weighted by Gasteiger charge is 2.27. The molecule has 2 rings (SSSR count). The van der Waals surface area contributed by atoms with E-state index in [4.69, 9.17) is 0 Å². The van der Waals surface area contributed by atoms with Gasteiger partial charge in [-0.1, -0.05) is 6.58 Å². The third-order valence-electron chi connectivity index (χ3n) is 2.59. The Morgan fingerprint density at radius 1 is 1.26 bits per heavy atom. The van der Waals surface area contributed by atoms with Gasteiger partial charge in [-0.2, -0.15) is 0 Å². The van der Waals surface area contributed by atoms with Crippen LogP contribution in [0.5, 0.6) is 0 Å². The lowest BCUT2D eigenvalue weighted by Gasteiger charge is -2.18. The van der Waals surface area contributed by atoms with E-state index in [0.717, 1.165) is 24.3 Å². The van der Waals surface area contributed by atoms with E-state index in [0.29, 0.717) is 0 Å². The summed E-state index contributed by atoms with van der Waals surface area (Å²) in [6, 6.07) is 3.54. The van der Waals surface area contributed by atoms with Crippen LogP contribution in [-0.2, 0) is 21.6 Å². The van der Waals surface area contributed by atoms with Gasteiger partial charge in [-0.15, -0.1) is 0 Å². The van der Waals surface area contributed by atoms with Crippen molar-refractivity contribution in [3.05, 3.63) is 58.4 Å². The molecule has 1 aromatic carbocycles. The van der Waals surface area contributed by atoms with Gasteiger partial charge in [0, 0.05) is 4.91 Å². The van der Waals surface area contributed by atoms with Crippen LogP contribution < -0.4 is 0 Å².